The average molecular weight is 290 g/mol. The molecule has 1 aromatic carbocycles. The van der Waals surface area contributed by atoms with Crippen molar-refractivity contribution in [1.82, 2.24) is 14.8 Å². The van der Waals surface area contributed by atoms with Gasteiger partial charge in [0.25, 0.3) is 0 Å². The summed E-state index contributed by atoms with van der Waals surface area (Å²) in [7, 11) is 1.94. The van der Waals surface area contributed by atoms with Crippen LogP contribution in [-0.4, -0.2) is 14.8 Å². The first kappa shape index (κ1) is 13.1. The summed E-state index contributed by atoms with van der Waals surface area (Å²) in [4.78, 5) is 4.39. The van der Waals surface area contributed by atoms with Crippen molar-refractivity contribution in [3.8, 4) is 0 Å². The number of halogens is 1. The molecule has 2 aromatic heterocycles. The van der Waals surface area contributed by atoms with E-state index in [0.29, 0.717) is 12.1 Å². The van der Waals surface area contributed by atoms with Crippen molar-refractivity contribution in [2.75, 3.05) is 5.32 Å². The molecule has 0 amide bonds. The first-order chi connectivity index (χ1) is 9.54. The fourth-order valence-corrected chi connectivity index (χ4v) is 3.06. The maximum atomic E-state index is 13.1. The van der Waals surface area contributed by atoms with Crippen LogP contribution in [0.2, 0.25) is 0 Å². The first-order valence-electron chi connectivity index (χ1n) is 6.33. The van der Waals surface area contributed by atoms with Crippen LogP contribution < -0.4 is 5.32 Å². The van der Waals surface area contributed by atoms with Gasteiger partial charge in [-0.1, -0.05) is 11.3 Å². The average Bonchev–Trinajstić information content (AvgIpc) is 2.89. The summed E-state index contributed by atoms with van der Waals surface area (Å²) in [5.41, 5.74) is 4.03. The lowest BCUT2D eigenvalue weighted by Gasteiger charge is -2.03. The largest absolute Gasteiger partial charge is 0.357 e. The SMILES string of the molecule is Cc1nn(C)c(C)c1CNc1nc2cc(F)ccc2s1. The fraction of sp³-hybridized carbons (Fsp3) is 0.286. The van der Waals surface area contributed by atoms with E-state index in [0.717, 1.165) is 21.2 Å². The number of hydrogen-bond acceptors (Lipinski definition) is 4. The Morgan fingerprint density at radius 3 is 2.85 bits per heavy atom. The van der Waals surface area contributed by atoms with Gasteiger partial charge in [-0.25, -0.2) is 9.37 Å². The number of nitrogens with one attached hydrogen (secondary N) is 1. The van der Waals surface area contributed by atoms with Gasteiger partial charge in [-0.3, -0.25) is 4.68 Å². The lowest BCUT2D eigenvalue weighted by atomic mass is 10.2. The zero-order valence-electron chi connectivity index (χ0n) is 11.6. The first-order valence-corrected chi connectivity index (χ1v) is 7.15. The van der Waals surface area contributed by atoms with Crippen LogP contribution in [0.3, 0.4) is 0 Å². The van der Waals surface area contributed by atoms with Crippen LogP contribution >= 0.6 is 11.3 Å². The molecule has 3 rings (SSSR count). The second kappa shape index (κ2) is 4.86. The van der Waals surface area contributed by atoms with Crippen molar-refractivity contribution in [2.45, 2.75) is 20.4 Å². The Morgan fingerprint density at radius 1 is 1.35 bits per heavy atom. The third kappa shape index (κ3) is 2.27. The molecule has 0 radical (unpaired) electrons. The molecule has 0 aliphatic heterocycles. The summed E-state index contributed by atoms with van der Waals surface area (Å²) in [5.74, 6) is -0.256. The minimum atomic E-state index is -0.256. The molecule has 0 unspecified atom stereocenters. The van der Waals surface area contributed by atoms with Gasteiger partial charge >= 0.3 is 0 Å². The fourth-order valence-electron chi connectivity index (χ4n) is 2.21. The van der Waals surface area contributed by atoms with E-state index in [4.69, 9.17) is 0 Å². The summed E-state index contributed by atoms with van der Waals surface area (Å²) in [6.07, 6.45) is 0. The van der Waals surface area contributed by atoms with Crippen molar-refractivity contribution in [1.29, 1.82) is 0 Å². The predicted molar refractivity (Wildman–Crippen MR) is 79.6 cm³/mol. The molecule has 4 nitrogen and oxygen atoms in total. The summed E-state index contributed by atoms with van der Waals surface area (Å²) in [5, 5.41) is 8.48. The van der Waals surface area contributed by atoms with E-state index in [1.165, 1.54) is 29.0 Å². The Labute approximate surface area is 120 Å². The maximum Gasteiger partial charge on any atom is 0.184 e. The summed E-state index contributed by atoms with van der Waals surface area (Å²) in [6.45, 7) is 4.72. The molecule has 0 saturated carbocycles. The van der Waals surface area contributed by atoms with E-state index in [2.05, 4.69) is 15.4 Å². The van der Waals surface area contributed by atoms with Gasteiger partial charge in [-0.2, -0.15) is 5.10 Å². The molecule has 0 aliphatic rings. The van der Waals surface area contributed by atoms with Crippen LogP contribution in [0.25, 0.3) is 10.2 Å². The Kier molecular flexibility index (Phi) is 3.17. The smallest absolute Gasteiger partial charge is 0.184 e. The van der Waals surface area contributed by atoms with Gasteiger partial charge < -0.3 is 5.32 Å². The van der Waals surface area contributed by atoms with E-state index < -0.39 is 0 Å². The molecular weight excluding hydrogens is 275 g/mol. The van der Waals surface area contributed by atoms with E-state index >= 15 is 0 Å². The van der Waals surface area contributed by atoms with E-state index in [-0.39, 0.29) is 5.82 Å². The van der Waals surface area contributed by atoms with Crippen molar-refractivity contribution < 1.29 is 4.39 Å². The zero-order valence-corrected chi connectivity index (χ0v) is 12.4. The monoisotopic (exact) mass is 290 g/mol. The van der Waals surface area contributed by atoms with E-state index in [1.807, 2.05) is 25.6 Å². The molecule has 1 N–H and O–H groups in total. The number of hydrogen-bond donors (Lipinski definition) is 1. The number of thiazole rings is 1. The Balaban J connectivity index is 1.83. The van der Waals surface area contributed by atoms with Crippen molar-refractivity contribution in [2.24, 2.45) is 7.05 Å². The number of nitrogens with zero attached hydrogens (tertiary/aromatic N) is 3. The third-order valence-corrected chi connectivity index (χ3v) is 4.42. The lowest BCUT2D eigenvalue weighted by molar-refractivity contribution is 0.629. The minimum absolute atomic E-state index is 0.256. The highest BCUT2D eigenvalue weighted by molar-refractivity contribution is 7.22. The zero-order chi connectivity index (χ0) is 14.3. The van der Waals surface area contributed by atoms with Crippen LogP contribution in [-0.2, 0) is 13.6 Å². The number of aromatic nitrogens is 3. The summed E-state index contributed by atoms with van der Waals surface area (Å²) >= 11 is 1.53. The molecule has 6 heteroatoms. The second-order valence-electron chi connectivity index (χ2n) is 4.76. The summed E-state index contributed by atoms with van der Waals surface area (Å²) in [6, 6.07) is 4.67. The van der Waals surface area contributed by atoms with E-state index in [1.54, 1.807) is 6.07 Å². The molecule has 3 aromatic rings. The van der Waals surface area contributed by atoms with Gasteiger partial charge in [0.05, 0.1) is 15.9 Å². The highest BCUT2D eigenvalue weighted by atomic mass is 32.1. The Morgan fingerprint density at radius 2 is 2.15 bits per heavy atom. The van der Waals surface area contributed by atoms with Gasteiger partial charge in [-0.15, -0.1) is 0 Å². The van der Waals surface area contributed by atoms with Gasteiger partial charge in [0, 0.05) is 30.9 Å². The van der Waals surface area contributed by atoms with Crippen LogP contribution in [0.15, 0.2) is 18.2 Å². The quantitative estimate of drug-likeness (QED) is 0.804. The van der Waals surface area contributed by atoms with Gasteiger partial charge in [0.2, 0.25) is 0 Å². The second-order valence-corrected chi connectivity index (χ2v) is 5.79. The molecule has 0 aliphatic carbocycles. The number of fused-ring (bicyclic) bond motifs is 1. The van der Waals surface area contributed by atoms with Gasteiger partial charge in [0.15, 0.2) is 5.13 Å². The van der Waals surface area contributed by atoms with Gasteiger partial charge in [-0.05, 0) is 26.0 Å². The molecule has 0 bridgehead atoms. The summed E-state index contributed by atoms with van der Waals surface area (Å²) < 4.78 is 16.0. The van der Waals surface area contributed by atoms with Crippen LogP contribution in [0.1, 0.15) is 17.0 Å². The van der Waals surface area contributed by atoms with Crippen LogP contribution in [0, 0.1) is 19.7 Å². The van der Waals surface area contributed by atoms with Gasteiger partial charge in [0.1, 0.15) is 5.82 Å². The molecule has 0 atom stereocenters. The molecular formula is C14H15FN4S. The highest BCUT2D eigenvalue weighted by Gasteiger charge is 2.10. The van der Waals surface area contributed by atoms with Crippen molar-refractivity contribution in [3.63, 3.8) is 0 Å². The molecule has 2 heterocycles. The third-order valence-electron chi connectivity index (χ3n) is 3.42. The highest BCUT2D eigenvalue weighted by Crippen LogP contribution is 2.27. The normalized spacial score (nSPS) is 11.2. The Bertz CT molecular complexity index is 775. The topological polar surface area (TPSA) is 42.7 Å². The number of anilines is 1. The van der Waals surface area contributed by atoms with E-state index in [9.17, 15) is 4.39 Å². The minimum Gasteiger partial charge on any atom is -0.357 e. The standard InChI is InChI=1S/C14H15FN4S/c1-8-11(9(2)19(3)18-8)7-16-14-17-12-6-10(15)4-5-13(12)20-14/h4-6H,7H2,1-3H3,(H,16,17). The maximum absolute atomic E-state index is 13.1. The lowest BCUT2D eigenvalue weighted by Crippen LogP contribution is -2.01. The molecule has 0 spiro atoms. The predicted octanol–water partition coefficient (Wildman–Crippen LogP) is 3.40. The van der Waals surface area contributed by atoms with Crippen LogP contribution in [0.5, 0.6) is 0 Å². The van der Waals surface area contributed by atoms with Crippen molar-refractivity contribution >= 4 is 26.7 Å². The molecule has 20 heavy (non-hydrogen) atoms. The molecule has 104 valence electrons. The number of benzene rings is 1. The number of rotatable bonds is 3. The Hall–Kier alpha value is -1.95. The number of aryl methyl sites for hydroxylation is 2. The van der Waals surface area contributed by atoms with Crippen LogP contribution in [0.4, 0.5) is 9.52 Å². The molecule has 0 saturated heterocycles. The van der Waals surface area contributed by atoms with Crippen molar-refractivity contribution in [3.05, 3.63) is 41.0 Å². The molecule has 0 fully saturated rings.